The molecule has 5 nitrogen and oxygen atoms in total. The van der Waals surface area contributed by atoms with Gasteiger partial charge in [0.25, 0.3) is 5.56 Å². The Balaban J connectivity index is 1.99. The molecular weight excluding hydrogens is 216 g/mol. The predicted molar refractivity (Wildman–Crippen MR) is 63.2 cm³/mol. The zero-order valence-corrected chi connectivity index (χ0v) is 9.47. The summed E-state index contributed by atoms with van der Waals surface area (Å²) in [5.41, 5.74) is 0.983. The average Bonchev–Trinajstić information content (AvgIpc) is 2.99. The first-order valence-electron chi connectivity index (χ1n) is 5.93. The first-order valence-corrected chi connectivity index (χ1v) is 5.93. The smallest absolute Gasteiger partial charge is 0.272 e. The minimum atomic E-state index is -0.0504. The Morgan fingerprint density at radius 1 is 1.35 bits per heavy atom. The third kappa shape index (κ3) is 1.88. The molecule has 0 aromatic carbocycles. The van der Waals surface area contributed by atoms with Gasteiger partial charge in [0, 0.05) is 29.9 Å². The minimum Gasteiger partial charge on any atom is -0.293 e. The molecule has 0 unspecified atom stereocenters. The first kappa shape index (κ1) is 10.3. The molecule has 0 spiro atoms. The number of hydrogen-bond donors (Lipinski definition) is 1. The maximum absolute atomic E-state index is 11.9. The van der Waals surface area contributed by atoms with Crippen LogP contribution in [0.2, 0.25) is 0 Å². The standard InChI is InChI=1S/C12H14N4O/c17-12-7-10(9-3-1-2-4-9)15-16(12)11-5-6-13-8-14-11/h5-9,15H,1-4H2. The Bertz CT molecular complexity index is 551. The van der Waals surface area contributed by atoms with Gasteiger partial charge in [0.05, 0.1) is 0 Å². The maximum atomic E-state index is 11.9. The molecule has 17 heavy (non-hydrogen) atoms. The van der Waals surface area contributed by atoms with Crippen LogP contribution in [-0.2, 0) is 0 Å². The molecular formula is C12H14N4O. The summed E-state index contributed by atoms with van der Waals surface area (Å²) >= 11 is 0. The van der Waals surface area contributed by atoms with E-state index in [4.69, 9.17) is 0 Å². The van der Waals surface area contributed by atoms with Crippen molar-refractivity contribution in [1.82, 2.24) is 19.7 Å². The van der Waals surface area contributed by atoms with E-state index in [9.17, 15) is 4.79 Å². The SMILES string of the molecule is O=c1cc(C2CCCC2)[nH]n1-c1ccncn1. The molecule has 2 aromatic rings. The summed E-state index contributed by atoms with van der Waals surface area (Å²) < 4.78 is 1.48. The molecule has 5 heteroatoms. The van der Waals surface area contributed by atoms with Crippen LogP contribution in [0.5, 0.6) is 0 Å². The molecule has 0 saturated heterocycles. The summed E-state index contributed by atoms with van der Waals surface area (Å²) in [5, 5.41) is 3.15. The van der Waals surface area contributed by atoms with Crippen molar-refractivity contribution in [2.24, 2.45) is 0 Å². The molecule has 2 aromatic heterocycles. The summed E-state index contributed by atoms with van der Waals surface area (Å²) in [7, 11) is 0. The van der Waals surface area contributed by atoms with Gasteiger partial charge in [-0.15, -0.1) is 0 Å². The van der Waals surface area contributed by atoms with E-state index in [0.29, 0.717) is 11.7 Å². The molecule has 88 valence electrons. The molecule has 1 saturated carbocycles. The van der Waals surface area contributed by atoms with Crippen LogP contribution in [0.1, 0.15) is 37.3 Å². The molecule has 0 bridgehead atoms. The van der Waals surface area contributed by atoms with E-state index >= 15 is 0 Å². The van der Waals surface area contributed by atoms with Gasteiger partial charge in [-0.05, 0) is 12.8 Å². The van der Waals surface area contributed by atoms with E-state index < -0.39 is 0 Å². The number of nitrogens with one attached hydrogen (secondary N) is 1. The van der Waals surface area contributed by atoms with Crippen LogP contribution >= 0.6 is 0 Å². The first-order chi connectivity index (χ1) is 8.34. The Morgan fingerprint density at radius 3 is 2.88 bits per heavy atom. The third-order valence-electron chi connectivity index (χ3n) is 3.33. The lowest BCUT2D eigenvalue weighted by Crippen LogP contribution is -2.14. The number of hydrogen-bond acceptors (Lipinski definition) is 3. The van der Waals surface area contributed by atoms with E-state index in [2.05, 4.69) is 15.1 Å². The topological polar surface area (TPSA) is 63.6 Å². The van der Waals surface area contributed by atoms with Gasteiger partial charge in [-0.1, -0.05) is 12.8 Å². The minimum absolute atomic E-state index is 0.0504. The van der Waals surface area contributed by atoms with Crippen molar-refractivity contribution in [3.8, 4) is 5.82 Å². The molecule has 0 radical (unpaired) electrons. The average molecular weight is 230 g/mol. The molecule has 1 aliphatic carbocycles. The van der Waals surface area contributed by atoms with Crippen LogP contribution in [0.15, 0.2) is 29.5 Å². The molecule has 2 heterocycles. The van der Waals surface area contributed by atoms with Crippen molar-refractivity contribution < 1.29 is 0 Å². The van der Waals surface area contributed by atoms with Crippen molar-refractivity contribution in [2.75, 3.05) is 0 Å². The van der Waals surface area contributed by atoms with E-state index in [1.165, 1.54) is 36.7 Å². The quantitative estimate of drug-likeness (QED) is 0.852. The van der Waals surface area contributed by atoms with E-state index in [1.807, 2.05) is 0 Å². The van der Waals surface area contributed by atoms with Gasteiger partial charge < -0.3 is 0 Å². The normalized spacial score (nSPS) is 16.5. The van der Waals surface area contributed by atoms with Crippen molar-refractivity contribution in [2.45, 2.75) is 31.6 Å². The van der Waals surface area contributed by atoms with Gasteiger partial charge in [-0.3, -0.25) is 9.89 Å². The van der Waals surface area contributed by atoms with Gasteiger partial charge in [0.1, 0.15) is 6.33 Å². The molecule has 0 amide bonds. The van der Waals surface area contributed by atoms with E-state index in [-0.39, 0.29) is 5.56 Å². The van der Waals surface area contributed by atoms with Crippen LogP contribution in [0.4, 0.5) is 0 Å². The summed E-state index contributed by atoms with van der Waals surface area (Å²) in [6, 6.07) is 3.41. The van der Waals surface area contributed by atoms with Crippen molar-refractivity contribution in [3.05, 3.63) is 40.7 Å². The summed E-state index contributed by atoms with van der Waals surface area (Å²) in [6.07, 6.45) is 7.92. The highest BCUT2D eigenvalue weighted by Gasteiger charge is 2.20. The van der Waals surface area contributed by atoms with Crippen LogP contribution in [0.3, 0.4) is 0 Å². The van der Waals surface area contributed by atoms with Crippen molar-refractivity contribution in [3.63, 3.8) is 0 Å². The fraction of sp³-hybridized carbons (Fsp3) is 0.417. The zero-order valence-electron chi connectivity index (χ0n) is 9.47. The Hall–Kier alpha value is -1.91. The fourth-order valence-corrected chi connectivity index (χ4v) is 2.45. The van der Waals surface area contributed by atoms with Crippen molar-refractivity contribution >= 4 is 0 Å². The largest absolute Gasteiger partial charge is 0.293 e. The number of nitrogens with zero attached hydrogens (tertiary/aromatic N) is 3. The lowest BCUT2D eigenvalue weighted by atomic mass is 10.1. The maximum Gasteiger partial charge on any atom is 0.272 e. The lowest BCUT2D eigenvalue weighted by molar-refractivity contribution is 0.673. The van der Waals surface area contributed by atoms with Crippen LogP contribution in [0.25, 0.3) is 5.82 Å². The van der Waals surface area contributed by atoms with E-state index in [1.54, 1.807) is 18.3 Å². The molecule has 1 aliphatic rings. The predicted octanol–water partition coefficient (Wildman–Crippen LogP) is 1.61. The second-order valence-electron chi connectivity index (χ2n) is 4.43. The van der Waals surface area contributed by atoms with Gasteiger partial charge in [0.2, 0.25) is 0 Å². The van der Waals surface area contributed by atoms with Gasteiger partial charge in [-0.2, -0.15) is 0 Å². The highest BCUT2D eigenvalue weighted by Crippen LogP contribution is 2.32. The van der Waals surface area contributed by atoms with Gasteiger partial charge in [-0.25, -0.2) is 14.6 Å². The monoisotopic (exact) mass is 230 g/mol. The molecule has 1 N–H and O–H groups in total. The van der Waals surface area contributed by atoms with Crippen LogP contribution < -0.4 is 5.56 Å². The number of aromatic amines is 1. The van der Waals surface area contributed by atoms with Gasteiger partial charge >= 0.3 is 0 Å². The zero-order chi connectivity index (χ0) is 11.7. The summed E-state index contributed by atoms with van der Waals surface area (Å²) in [4.78, 5) is 19.8. The molecule has 0 atom stereocenters. The Kier molecular flexibility index (Phi) is 2.51. The highest BCUT2D eigenvalue weighted by molar-refractivity contribution is 5.20. The van der Waals surface area contributed by atoms with Crippen LogP contribution in [-0.4, -0.2) is 19.7 Å². The second kappa shape index (κ2) is 4.16. The fourth-order valence-electron chi connectivity index (χ4n) is 2.45. The van der Waals surface area contributed by atoms with Gasteiger partial charge in [0.15, 0.2) is 5.82 Å². The lowest BCUT2D eigenvalue weighted by Gasteiger charge is -2.05. The molecule has 3 rings (SSSR count). The molecule has 0 aliphatic heterocycles. The Morgan fingerprint density at radius 2 is 2.18 bits per heavy atom. The second-order valence-corrected chi connectivity index (χ2v) is 4.43. The summed E-state index contributed by atoms with van der Waals surface area (Å²) in [5.74, 6) is 1.10. The number of rotatable bonds is 2. The highest BCUT2D eigenvalue weighted by atomic mass is 16.1. The van der Waals surface area contributed by atoms with E-state index in [0.717, 1.165) is 5.69 Å². The van der Waals surface area contributed by atoms with Crippen LogP contribution in [0, 0.1) is 0 Å². The number of H-pyrrole nitrogens is 1. The summed E-state index contributed by atoms with van der Waals surface area (Å²) in [6.45, 7) is 0. The number of aromatic nitrogens is 4. The van der Waals surface area contributed by atoms with Crippen molar-refractivity contribution in [1.29, 1.82) is 0 Å². The Labute approximate surface area is 98.5 Å². The molecule has 1 fully saturated rings. The third-order valence-corrected chi connectivity index (χ3v) is 3.33.